The van der Waals surface area contributed by atoms with Crippen LogP contribution in [0, 0.1) is 0 Å². The second-order valence-electron chi connectivity index (χ2n) is 2.75. The molecule has 0 aliphatic heterocycles. The Bertz CT molecular complexity index is 322. The van der Waals surface area contributed by atoms with Crippen LogP contribution >= 0.6 is 11.6 Å². The third kappa shape index (κ3) is 2.39. The molecule has 0 aliphatic rings. The summed E-state index contributed by atoms with van der Waals surface area (Å²) >= 11 is 5.54. The molecule has 0 heterocycles. The van der Waals surface area contributed by atoms with Crippen LogP contribution in [-0.4, -0.2) is 11.7 Å². The predicted octanol–water partition coefficient (Wildman–Crippen LogP) is 2.89. The minimum atomic E-state index is -4.44. The SMILES string of the molecule is OCCc1cccc(C(F)(F)F)c1Cl. The molecule has 0 saturated heterocycles. The number of hydrogen-bond acceptors (Lipinski definition) is 1. The van der Waals surface area contributed by atoms with Crippen LogP contribution in [0.25, 0.3) is 0 Å². The van der Waals surface area contributed by atoms with E-state index < -0.39 is 11.7 Å². The van der Waals surface area contributed by atoms with E-state index in [9.17, 15) is 13.2 Å². The molecule has 0 saturated carbocycles. The molecule has 14 heavy (non-hydrogen) atoms. The average Bonchev–Trinajstić information content (AvgIpc) is 2.07. The van der Waals surface area contributed by atoms with Crippen molar-refractivity contribution >= 4 is 11.6 Å². The van der Waals surface area contributed by atoms with E-state index in [2.05, 4.69) is 0 Å². The number of alkyl halides is 3. The minimum absolute atomic E-state index is 0.128. The standard InChI is InChI=1S/C9H8ClF3O/c10-8-6(4-5-14)2-1-3-7(8)9(11,12)13/h1-3,14H,4-5H2. The normalized spacial score (nSPS) is 11.8. The van der Waals surface area contributed by atoms with E-state index in [-0.39, 0.29) is 18.1 Å². The van der Waals surface area contributed by atoms with Crippen LogP contribution in [-0.2, 0) is 12.6 Å². The maximum atomic E-state index is 12.3. The van der Waals surface area contributed by atoms with Gasteiger partial charge < -0.3 is 5.11 Å². The topological polar surface area (TPSA) is 20.2 Å². The van der Waals surface area contributed by atoms with Crippen LogP contribution in [0.4, 0.5) is 13.2 Å². The fourth-order valence-corrected chi connectivity index (χ4v) is 1.44. The molecule has 1 aromatic rings. The van der Waals surface area contributed by atoms with Gasteiger partial charge in [0.05, 0.1) is 10.6 Å². The van der Waals surface area contributed by atoms with Crippen molar-refractivity contribution in [1.82, 2.24) is 0 Å². The van der Waals surface area contributed by atoms with E-state index in [0.717, 1.165) is 6.07 Å². The van der Waals surface area contributed by atoms with Crippen molar-refractivity contribution in [3.05, 3.63) is 34.3 Å². The zero-order valence-electron chi connectivity index (χ0n) is 7.11. The number of halogens is 4. The number of rotatable bonds is 2. The van der Waals surface area contributed by atoms with Gasteiger partial charge >= 0.3 is 6.18 Å². The molecule has 0 bridgehead atoms. The van der Waals surface area contributed by atoms with E-state index in [4.69, 9.17) is 16.7 Å². The van der Waals surface area contributed by atoms with E-state index in [1.54, 1.807) is 0 Å². The van der Waals surface area contributed by atoms with Crippen LogP contribution in [0.5, 0.6) is 0 Å². The van der Waals surface area contributed by atoms with Crippen molar-refractivity contribution in [2.45, 2.75) is 12.6 Å². The highest BCUT2D eigenvalue weighted by molar-refractivity contribution is 6.32. The van der Waals surface area contributed by atoms with E-state index in [0.29, 0.717) is 5.56 Å². The minimum Gasteiger partial charge on any atom is -0.396 e. The molecule has 0 radical (unpaired) electrons. The van der Waals surface area contributed by atoms with E-state index in [1.165, 1.54) is 12.1 Å². The molecule has 78 valence electrons. The quantitative estimate of drug-likeness (QED) is 0.819. The van der Waals surface area contributed by atoms with Crippen molar-refractivity contribution in [1.29, 1.82) is 0 Å². The second-order valence-corrected chi connectivity index (χ2v) is 3.13. The van der Waals surface area contributed by atoms with Crippen molar-refractivity contribution in [2.24, 2.45) is 0 Å². The molecule has 0 spiro atoms. The highest BCUT2D eigenvalue weighted by atomic mass is 35.5. The lowest BCUT2D eigenvalue weighted by Gasteiger charge is -2.11. The summed E-state index contributed by atoms with van der Waals surface area (Å²) in [6.45, 7) is -0.221. The zero-order chi connectivity index (χ0) is 10.8. The smallest absolute Gasteiger partial charge is 0.396 e. The monoisotopic (exact) mass is 224 g/mol. The van der Waals surface area contributed by atoms with Crippen LogP contribution in [0.2, 0.25) is 5.02 Å². The number of aliphatic hydroxyl groups is 1. The maximum Gasteiger partial charge on any atom is 0.417 e. The van der Waals surface area contributed by atoms with Gasteiger partial charge in [0.2, 0.25) is 0 Å². The van der Waals surface area contributed by atoms with Crippen molar-refractivity contribution in [2.75, 3.05) is 6.61 Å². The first-order valence-electron chi connectivity index (χ1n) is 3.92. The Kier molecular flexibility index (Phi) is 3.39. The largest absolute Gasteiger partial charge is 0.417 e. The van der Waals surface area contributed by atoms with Gasteiger partial charge in [-0.2, -0.15) is 13.2 Å². The second kappa shape index (κ2) is 4.19. The van der Waals surface area contributed by atoms with Gasteiger partial charge in [-0.3, -0.25) is 0 Å². The van der Waals surface area contributed by atoms with E-state index in [1.807, 2.05) is 0 Å². The highest BCUT2D eigenvalue weighted by Gasteiger charge is 2.33. The van der Waals surface area contributed by atoms with Crippen molar-refractivity contribution in [3.8, 4) is 0 Å². The number of aliphatic hydroxyl groups excluding tert-OH is 1. The Balaban J connectivity index is 3.14. The van der Waals surface area contributed by atoms with Gasteiger partial charge in [0.15, 0.2) is 0 Å². The Labute approximate surface area is 84.1 Å². The molecule has 1 aromatic carbocycles. The first-order chi connectivity index (χ1) is 6.46. The summed E-state index contributed by atoms with van der Waals surface area (Å²) in [6.07, 6.45) is -4.31. The first-order valence-corrected chi connectivity index (χ1v) is 4.30. The Morgan fingerprint density at radius 3 is 2.43 bits per heavy atom. The molecule has 0 aromatic heterocycles. The van der Waals surface area contributed by atoms with Gasteiger partial charge in [0.25, 0.3) is 0 Å². The number of benzene rings is 1. The molecule has 5 heteroatoms. The average molecular weight is 225 g/mol. The number of hydrogen-bond donors (Lipinski definition) is 1. The van der Waals surface area contributed by atoms with Gasteiger partial charge in [-0.1, -0.05) is 23.7 Å². The maximum absolute atomic E-state index is 12.3. The van der Waals surface area contributed by atoms with Gasteiger partial charge in [-0.25, -0.2) is 0 Å². The lowest BCUT2D eigenvalue weighted by molar-refractivity contribution is -0.137. The van der Waals surface area contributed by atoms with Crippen LogP contribution in [0.3, 0.4) is 0 Å². The molecule has 0 unspecified atom stereocenters. The van der Waals surface area contributed by atoms with Crippen molar-refractivity contribution in [3.63, 3.8) is 0 Å². The Morgan fingerprint density at radius 1 is 1.29 bits per heavy atom. The van der Waals surface area contributed by atoms with Crippen LogP contribution in [0.15, 0.2) is 18.2 Å². The van der Waals surface area contributed by atoms with Gasteiger partial charge in [-0.05, 0) is 18.1 Å². The molecule has 1 rings (SSSR count). The summed E-state index contributed by atoms with van der Waals surface area (Å²) in [5, 5.41) is 8.27. The Hall–Kier alpha value is -0.740. The molecule has 1 nitrogen and oxygen atoms in total. The lowest BCUT2D eigenvalue weighted by atomic mass is 10.1. The summed E-state index contributed by atoms with van der Waals surface area (Å²) < 4.78 is 37.0. The molecule has 1 N–H and O–H groups in total. The molecule has 0 amide bonds. The third-order valence-electron chi connectivity index (χ3n) is 1.77. The molecule has 0 aliphatic carbocycles. The van der Waals surface area contributed by atoms with Gasteiger partial charge in [0.1, 0.15) is 0 Å². The van der Waals surface area contributed by atoms with Crippen molar-refractivity contribution < 1.29 is 18.3 Å². The van der Waals surface area contributed by atoms with Gasteiger partial charge in [0, 0.05) is 6.61 Å². The fraction of sp³-hybridized carbons (Fsp3) is 0.333. The summed E-state index contributed by atoms with van der Waals surface area (Å²) in [6, 6.07) is 3.66. The van der Waals surface area contributed by atoms with Crippen LogP contribution in [0.1, 0.15) is 11.1 Å². The summed E-state index contributed by atoms with van der Waals surface area (Å²) in [7, 11) is 0. The predicted molar refractivity (Wildman–Crippen MR) is 47.2 cm³/mol. The molecule has 0 fully saturated rings. The highest BCUT2D eigenvalue weighted by Crippen LogP contribution is 2.36. The van der Waals surface area contributed by atoms with Gasteiger partial charge in [-0.15, -0.1) is 0 Å². The summed E-state index contributed by atoms with van der Waals surface area (Å²) in [4.78, 5) is 0. The molecular weight excluding hydrogens is 217 g/mol. The first kappa shape index (κ1) is 11.3. The third-order valence-corrected chi connectivity index (χ3v) is 2.21. The van der Waals surface area contributed by atoms with E-state index >= 15 is 0 Å². The Morgan fingerprint density at radius 2 is 1.93 bits per heavy atom. The van der Waals surface area contributed by atoms with Crippen LogP contribution < -0.4 is 0 Å². The summed E-state index contributed by atoms with van der Waals surface area (Å²) in [5.41, 5.74) is -0.547. The molecular formula is C9H8ClF3O. The lowest BCUT2D eigenvalue weighted by Crippen LogP contribution is -2.07. The molecule has 0 atom stereocenters. The zero-order valence-corrected chi connectivity index (χ0v) is 7.86. The fourth-order valence-electron chi connectivity index (χ4n) is 1.11. The summed E-state index contributed by atoms with van der Waals surface area (Å²) in [5.74, 6) is 0.